The third kappa shape index (κ3) is 5.84. The van der Waals surface area contributed by atoms with Gasteiger partial charge in [-0.3, -0.25) is 9.59 Å². The number of amides is 2. The molecule has 37 heavy (non-hydrogen) atoms. The number of carbonyl (C=O) groups excluding carboxylic acids is 2. The van der Waals surface area contributed by atoms with Gasteiger partial charge < -0.3 is 20.3 Å². The highest BCUT2D eigenvalue weighted by Crippen LogP contribution is 2.22. The molecular weight excluding hydrogens is 473 g/mol. The van der Waals surface area contributed by atoms with Gasteiger partial charge in [0.1, 0.15) is 5.69 Å². The van der Waals surface area contributed by atoms with Crippen LogP contribution in [0.15, 0.2) is 85.2 Å². The van der Waals surface area contributed by atoms with Gasteiger partial charge in [0.05, 0.1) is 43.3 Å². The fourth-order valence-electron chi connectivity index (χ4n) is 4.15. The van der Waals surface area contributed by atoms with Crippen molar-refractivity contribution in [1.82, 2.24) is 9.78 Å². The first-order valence-electron chi connectivity index (χ1n) is 12.0. The summed E-state index contributed by atoms with van der Waals surface area (Å²) in [4.78, 5) is 27.4. The molecule has 1 fully saturated rings. The SMILES string of the molecule is O=C(Cc1ccccc1)Nc1cnn(-c2cccc(C(=O)Nc3ccc(N4CCOCC4)cc3)c2F)c1. The molecule has 0 radical (unpaired) electrons. The minimum atomic E-state index is -0.713. The van der Waals surface area contributed by atoms with Gasteiger partial charge in [-0.15, -0.1) is 0 Å². The summed E-state index contributed by atoms with van der Waals surface area (Å²) in [5.74, 6) is -1.49. The zero-order chi connectivity index (χ0) is 25.6. The molecule has 0 unspecified atom stereocenters. The first-order valence-corrected chi connectivity index (χ1v) is 12.0. The standard InChI is InChI=1S/C28H26FN5O3/c29-27-24(28(36)32-21-9-11-23(12-10-21)33-13-15-37-16-14-33)7-4-8-25(27)34-19-22(18-30-34)31-26(35)17-20-5-2-1-3-6-20/h1-12,18-19H,13-17H2,(H,31,35)(H,32,36). The minimum Gasteiger partial charge on any atom is -0.378 e. The maximum Gasteiger partial charge on any atom is 0.258 e. The van der Waals surface area contributed by atoms with E-state index in [1.54, 1.807) is 18.2 Å². The number of morpholine rings is 1. The van der Waals surface area contributed by atoms with E-state index in [1.165, 1.54) is 29.2 Å². The third-order valence-electron chi connectivity index (χ3n) is 6.05. The largest absolute Gasteiger partial charge is 0.378 e. The molecule has 9 heteroatoms. The molecule has 1 aliphatic rings. The molecule has 0 aliphatic carbocycles. The predicted octanol–water partition coefficient (Wildman–Crippen LogP) is 4.28. The lowest BCUT2D eigenvalue weighted by atomic mass is 10.1. The smallest absolute Gasteiger partial charge is 0.258 e. The molecule has 0 atom stereocenters. The zero-order valence-corrected chi connectivity index (χ0v) is 20.1. The van der Waals surface area contributed by atoms with E-state index in [0.29, 0.717) is 24.6 Å². The zero-order valence-electron chi connectivity index (χ0n) is 20.1. The number of benzene rings is 3. The van der Waals surface area contributed by atoms with Crippen LogP contribution in [0.3, 0.4) is 0 Å². The summed E-state index contributed by atoms with van der Waals surface area (Å²) < 4.78 is 22.0. The number of nitrogens with zero attached hydrogens (tertiary/aromatic N) is 3. The Labute approximate surface area is 213 Å². The summed E-state index contributed by atoms with van der Waals surface area (Å²) in [6.07, 6.45) is 3.15. The summed E-state index contributed by atoms with van der Waals surface area (Å²) in [5.41, 5.74) is 2.90. The molecule has 0 spiro atoms. The number of nitrogens with one attached hydrogen (secondary N) is 2. The maximum absolute atomic E-state index is 15.4. The van der Waals surface area contributed by atoms with Crippen molar-refractivity contribution in [2.75, 3.05) is 41.8 Å². The lowest BCUT2D eigenvalue weighted by molar-refractivity contribution is -0.115. The monoisotopic (exact) mass is 499 g/mol. The number of halogens is 1. The van der Waals surface area contributed by atoms with Gasteiger partial charge in [-0.2, -0.15) is 5.10 Å². The van der Waals surface area contributed by atoms with Crippen LogP contribution >= 0.6 is 0 Å². The highest BCUT2D eigenvalue weighted by Gasteiger charge is 2.18. The van der Waals surface area contributed by atoms with Crippen molar-refractivity contribution in [2.45, 2.75) is 6.42 Å². The molecule has 0 bridgehead atoms. The van der Waals surface area contributed by atoms with Crippen LogP contribution in [0.1, 0.15) is 15.9 Å². The lowest BCUT2D eigenvalue weighted by Gasteiger charge is -2.28. The number of aromatic nitrogens is 2. The summed E-state index contributed by atoms with van der Waals surface area (Å²) in [7, 11) is 0. The normalized spacial score (nSPS) is 13.3. The van der Waals surface area contributed by atoms with Crippen LogP contribution in [-0.4, -0.2) is 47.9 Å². The van der Waals surface area contributed by atoms with Gasteiger partial charge >= 0.3 is 0 Å². The minimum absolute atomic E-state index is 0.0962. The summed E-state index contributed by atoms with van der Waals surface area (Å²) >= 11 is 0. The van der Waals surface area contributed by atoms with Crippen molar-refractivity contribution >= 4 is 28.9 Å². The van der Waals surface area contributed by atoms with Crippen molar-refractivity contribution in [1.29, 1.82) is 0 Å². The molecule has 188 valence electrons. The number of rotatable bonds is 7. The molecule has 1 aliphatic heterocycles. The molecule has 0 saturated carbocycles. The Hall–Kier alpha value is -4.50. The Balaban J connectivity index is 1.25. The molecular formula is C28H26FN5O3. The number of carbonyl (C=O) groups is 2. The molecule has 4 aromatic rings. The van der Waals surface area contributed by atoms with Crippen LogP contribution in [0.4, 0.5) is 21.5 Å². The van der Waals surface area contributed by atoms with Crippen LogP contribution in [-0.2, 0) is 16.0 Å². The second-order valence-electron chi connectivity index (χ2n) is 8.62. The molecule has 3 aromatic carbocycles. The highest BCUT2D eigenvalue weighted by molar-refractivity contribution is 6.05. The maximum atomic E-state index is 15.4. The molecule has 2 amide bonds. The van der Waals surface area contributed by atoms with Crippen molar-refractivity contribution in [2.24, 2.45) is 0 Å². The Morgan fingerprint density at radius 2 is 1.65 bits per heavy atom. The average molecular weight is 500 g/mol. The summed E-state index contributed by atoms with van der Waals surface area (Å²) in [5, 5.41) is 9.68. The van der Waals surface area contributed by atoms with Crippen LogP contribution in [0.25, 0.3) is 5.69 Å². The van der Waals surface area contributed by atoms with Gasteiger partial charge in [0.15, 0.2) is 5.82 Å². The van der Waals surface area contributed by atoms with Gasteiger partial charge in [-0.05, 0) is 42.0 Å². The van der Waals surface area contributed by atoms with Crippen molar-refractivity contribution < 1.29 is 18.7 Å². The topological polar surface area (TPSA) is 88.5 Å². The highest BCUT2D eigenvalue weighted by atomic mass is 19.1. The molecule has 2 N–H and O–H groups in total. The summed E-state index contributed by atoms with van der Waals surface area (Å²) in [6.45, 7) is 3.00. The van der Waals surface area contributed by atoms with Crippen LogP contribution in [0.5, 0.6) is 0 Å². The average Bonchev–Trinajstić information content (AvgIpc) is 3.38. The van der Waals surface area contributed by atoms with Crippen molar-refractivity contribution in [3.63, 3.8) is 0 Å². The molecule has 1 saturated heterocycles. The number of anilines is 3. The fourth-order valence-corrected chi connectivity index (χ4v) is 4.15. The molecule has 2 heterocycles. The number of ether oxygens (including phenoxy) is 1. The van der Waals surface area contributed by atoms with E-state index in [1.807, 2.05) is 42.5 Å². The van der Waals surface area contributed by atoms with Crippen LogP contribution in [0.2, 0.25) is 0 Å². The second kappa shape index (κ2) is 11.0. The van der Waals surface area contributed by atoms with E-state index in [2.05, 4.69) is 20.6 Å². The number of hydrogen-bond acceptors (Lipinski definition) is 5. The third-order valence-corrected chi connectivity index (χ3v) is 6.05. The Bertz CT molecular complexity index is 1380. The van der Waals surface area contributed by atoms with E-state index in [9.17, 15) is 9.59 Å². The van der Waals surface area contributed by atoms with Gasteiger partial charge in [-0.1, -0.05) is 36.4 Å². The first kappa shape index (κ1) is 24.2. The lowest BCUT2D eigenvalue weighted by Crippen LogP contribution is -2.36. The first-order chi connectivity index (χ1) is 18.1. The predicted molar refractivity (Wildman–Crippen MR) is 140 cm³/mol. The fraction of sp³-hybridized carbons (Fsp3) is 0.179. The van der Waals surface area contributed by atoms with Gasteiger partial charge in [0, 0.05) is 24.5 Å². The summed E-state index contributed by atoms with van der Waals surface area (Å²) in [6, 6.07) is 21.3. The van der Waals surface area contributed by atoms with Crippen molar-refractivity contribution in [3.8, 4) is 5.69 Å². The van der Waals surface area contributed by atoms with E-state index < -0.39 is 11.7 Å². The molecule has 8 nitrogen and oxygen atoms in total. The van der Waals surface area contributed by atoms with Gasteiger partial charge in [-0.25, -0.2) is 9.07 Å². The molecule has 1 aromatic heterocycles. The number of hydrogen-bond donors (Lipinski definition) is 2. The Morgan fingerprint density at radius 3 is 2.41 bits per heavy atom. The van der Waals surface area contributed by atoms with Crippen LogP contribution in [0, 0.1) is 5.82 Å². The van der Waals surface area contributed by atoms with Crippen molar-refractivity contribution in [3.05, 3.63) is 102 Å². The Kier molecular flexibility index (Phi) is 7.23. The Morgan fingerprint density at radius 1 is 0.892 bits per heavy atom. The van der Waals surface area contributed by atoms with Gasteiger partial charge in [0.25, 0.3) is 5.91 Å². The quantitative estimate of drug-likeness (QED) is 0.396. The van der Waals surface area contributed by atoms with E-state index in [4.69, 9.17) is 4.74 Å². The molecule has 5 rings (SSSR count). The van der Waals surface area contributed by atoms with Gasteiger partial charge in [0.2, 0.25) is 5.91 Å². The second-order valence-corrected chi connectivity index (χ2v) is 8.62. The van der Waals surface area contributed by atoms with E-state index in [-0.39, 0.29) is 23.6 Å². The van der Waals surface area contributed by atoms with Crippen LogP contribution < -0.4 is 15.5 Å². The van der Waals surface area contributed by atoms with E-state index >= 15 is 4.39 Å². The van der Waals surface area contributed by atoms with E-state index in [0.717, 1.165) is 24.3 Å².